The van der Waals surface area contributed by atoms with Crippen LogP contribution in [0, 0.1) is 0 Å². The fourth-order valence-electron chi connectivity index (χ4n) is 2.84. The topological polar surface area (TPSA) is 99.3 Å². The van der Waals surface area contributed by atoms with E-state index in [0.717, 1.165) is 22.3 Å². The van der Waals surface area contributed by atoms with Crippen molar-refractivity contribution in [3.63, 3.8) is 0 Å². The van der Waals surface area contributed by atoms with E-state index in [0.29, 0.717) is 25.2 Å². The zero-order chi connectivity index (χ0) is 19.1. The molecule has 0 aliphatic carbocycles. The minimum atomic E-state index is -0.320. The second kappa shape index (κ2) is 9.05. The maximum atomic E-state index is 12.2. The van der Waals surface area contributed by atoms with Crippen LogP contribution in [0.2, 0.25) is 0 Å². The minimum absolute atomic E-state index is 0.0408. The summed E-state index contributed by atoms with van der Waals surface area (Å²) in [6.45, 7) is 0.455. The predicted molar refractivity (Wildman–Crippen MR) is 104 cm³/mol. The molecule has 2 aromatic carbocycles. The lowest BCUT2D eigenvalue weighted by Crippen LogP contribution is -2.39. The number of carbonyl (C=O) groups excluding carboxylic acids is 1. The summed E-state index contributed by atoms with van der Waals surface area (Å²) in [7, 11) is 1.63. The van der Waals surface area contributed by atoms with Crippen LogP contribution < -0.4 is 15.4 Å². The lowest BCUT2D eigenvalue weighted by Gasteiger charge is -2.17. The maximum Gasteiger partial charge on any atom is 0.315 e. The van der Waals surface area contributed by atoms with E-state index in [1.54, 1.807) is 7.11 Å². The first-order chi connectivity index (χ1) is 13.2. The first-order valence-electron chi connectivity index (χ1n) is 8.92. The lowest BCUT2D eigenvalue weighted by atomic mass is 10.1. The highest BCUT2D eigenvalue weighted by atomic mass is 16.5. The van der Waals surface area contributed by atoms with Crippen molar-refractivity contribution in [3.05, 3.63) is 59.9 Å². The number of rotatable bonds is 8. The number of urea groups is 1. The Morgan fingerprint density at radius 1 is 1.22 bits per heavy atom. The monoisotopic (exact) mass is 368 g/mol. The molecular weight excluding hydrogens is 344 g/mol. The Morgan fingerprint density at radius 2 is 2.00 bits per heavy atom. The normalized spacial score (nSPS) is 11.9. The number of aromatic nitrogens is 2. The van der Waals surface area contributed by atoms with Gasteiger partial charge in [0.1, 0.15) is 11.6 Å². The molecule has 3 aromatic rings. The molecular formula is C20H24N4O3. The second-order valence-electron chi connectivity index (χ2n) is 6.22. The van der Waals surface area contributed by atoms with Crippen LogP contribution in [0.4, 0.5) is 4.79 Å². The highest BCUT2D eigenvalue weighted by Gasteiger charge is 2.19. The van der Waals surface area contributed by atoms with Crippen LogP contribution in [0.25, 0.3) is 11.0 Å². The Balaban J connectivity index is 1.79. The molecule has 0 saturated heterocycles. The van der Waals surface area contributed by atoms with Crippen molar-refractivity contribution in [2.24, 2.45) is 0 Å². The fraction of sp³-hybridized carbons (Fsp3) is 0.300. The van der Waals surface area contributed by atoms with Gasteiger partial charge in [-0.3, -0.25) is 0 Å². The third kappa shape index (κ3) is 4.98. The number of H-pyrrole nitrogens is 1. The maximum absolute atomic E-state index is 12.2. The molecule has 0 unspecified atom stereocenters. The fourth-order valence-corrected chi connectivity index (χ4v) is 2.84. The molecule has 0 aliphatic rings. The van der Waals surface area contributed by atoms with E-state index in [1.807, 2.05) is 48.5 Å². The summed E-state index contributed by atoms with van der Waals surface area (Å²) < 4.78 is 5.20. The minimum Gasteiger partial charge on any atom is -0.497 e. The Hall–Kier alpha value is -3.06. The van der Waals surface area contributed by atoms with Gasteiger partial charge in [-0.1, -0.05) is 24.3 Å². The van der Waals surface area contributed by atoms with Crippen LogP contribution in [-0.4, -0.2) is 41.4 Å². The molecule has 1 atom stereocenters. The zero-order valence-electron chi connectivity index (χ0n) is 15.2. The molecule has 0 saturated carbocycles. The molecule has 1 heterocycles. The summed E-state index contributed by atoms with van der Waals surface area (Å²) in [5.74, 6) is 1.48. The molecule has 7 nitrogen and oxygen atoms in total. The van der Waals surface area contributed by atoms with E-state index in [2.05, 4.69) is 20.6 Å². The highest BCUT2D eigenvalue weighted by molar-refractivity contribution is 5.76. The van der Waals surface area contributed by atoms with Crippen molar-refractivity contribution in [1.82, 2.24) is 20.6 Å². The van der Waals surface area contributed by atoms with Gasteiger partial charge in [0.15, 0.2) is 0 Å². The van der Waals surface area contributed by atoms with Gasteiger partial charge in [-0.2, -0.15) is 0 Å². The van der Waals surface area contributed by atoms with Crippen LogP contribution >= 0.6 is 0 Å². The molecule has 0 aliphatic heterocycles. The zero-order valence-corrected chi connectivity index (χ0v) is 15.2. The number of ether oxygens (including phenoxy) is 1. The van der Waals surface area contributed by atoms with Gasteiger partial charge in [-0.05, 0) is 42.7 Å². The number of nitrogens with one attached hydrogen (secondary N) is 3. The van der Waals surface area contributed by atoms with Gasteiger partial charge in [0.05, 0.1) is 24.2 Å². The average Bonchev–Trinajstić information content (AvgIpc) is 3.12. The molecule has 3 rings (SSSR count). The summed E-state index contributed by atoms with van der Waals surface area (Å²) in [6, 6.07) is 14.9. The van der Waals surface area contributed by atoms with Gasteiger partial charge in [0, 0.05) is 13.2 Å². The van der Waals surface area contributed by atoms with Gasteiger partial charge < -0.3 is 25.5 Å². The van der Waals surface area contributed by atoms with E-state index >= 15 is 0 Å². The summed E-state index contributed by atoms with van der Waals surface area (Å²) in [4.78, 5) is 20.2. The first-order valence-corrected chi connectivity index (χ1v) is 8.92. The molecule has 1 aromatic heterocycles. The lowest BCUT2D eigenvalue weighted by molar-refractivity contribution is 0.234. The number of para-hydroxylation sites is 2. The number of nitrogens with zero attached hydrogens (tertiary/aromatic N) is 1. The molecule has 4 N–H and O–H groups in total. The van der Waals surface area contributed by atoms with Crippen LogP contribution in [0.15, 0.2) is 48.5 Å². The Morgan fingerprint density at radius 3 is 2.70 bits per heavy atom. The van der Waals surface area contributed by atoms with E-state index in [4.69, 9.17) is 9.84 Å². The third-order valence-electron chi connectivity index (χ3n) is 4.26. The Bertz CT molecular complexity index is 843. The summed E-state index contributed by atoms with van der Waals surface area (Å²) in [6.07, 6.45) is 1.10. The largest absolute Gasteiger partial charge is 0.497 e. The van der Waals surface area contributed by atoms with E-state index in [-0.39, 0.29) is 18.7 Å². The number of amides is 2. The Kier molecular flexibility index (Phi) is 6.27. The quantitative estimate of drug-likeness (QED) is 0.459. The van der Waals surface area contributed by atoms with Crippen molar-refractivity contribution >= 4 is 17.1 Å². The van der Waals surface area contributed by atoms with Crippen molar-refractivity contribution in [2.75, 3.05) is 20.3 Å². The standard InChI is InChI=1S/C20H24N4O3/c1-27-15-9-7-14(8-10-15)13-18(24-20(26)21-11-4-12-25)19-22-16-5-2-3-6-17(16)23-19/h2-3,5-10,18,25H,4,11-13H2,1H3,(H,22,23)(H2,21,24,26)/t18-/m1/s1. The molecule has 2 amide bonds. The number of imidazole rings is 1. The molecule has 7 heteroatoms. The Labute approximate surface area is 157 Å². The second-order valence-corrected chi connectivity index (χ2v) is 6.22. The van der Waals surface area contributed by atoms with Crippen molar-refractivity contribution in [3.8, 4) is 5.75 Å². The number of aliphatic hydroxyl groups is 1. The molecule has 0 bridgehead atoms. The number of fused-ring (bicyclic) bond motifs is 1. The van der Waals surface area contributed by atoms with Gasteiger partial charge in [-0.15, -0.1) is 0 Å². The number of aromatic amines is 1. The van der Waals surface area contributed by atoms with E-state index in [1.165, 1.54) is 0 Å². The number of benzene rings is 2. The molecule has 0 spiro atoms. The number of hydrogen-bond acceptors (Lipinski definition) is 4. The number of carbonyl (C=O) groups is 1. The predicted octanol–water partition coefficient (Wildman–Crippen LogP) is 2.54. The third-order valence-corrected chi connectivity index (χ3v) is 4.26. The summed E-state index contributed by atoms with van der Waals surface area (Å²) >= 11 is 0. The molecule has 0 radical (unpaired) electrons. The average molecular weight is 368 g/mol. The SMILES string of the molecule is COc1ccc(C[C@@H](NC(=O)NCCCO)c2nc3ccccc3[nH]2)cc1. The van der Waals surface area contributed by atoms with E-state index in [9.17, 15) is 4.79 Å². The smallest absolute Gasteiger partial charge is 0.315 e. The van der Waals surface area contributed by atoms with Crippen molar-refractivity contribution < 1.29 is 14.6 Å². The van der Waals surface area contributed by atoms with E-state index < -0.39 is 0 Å². The summed E-state index contributed by atoms with van der Waals surface area (Å²) in [5.41, 5.74) is 2.83. The van der Waals surface area contributed by atoms with Crippen LogP contribution in [0.3, 0.4) is 0 Å². The first kappa shape index (κ1) is 18.7. The number of hydrogen-bond donors (Lipinski definition) is 4. The van der Waals surface area contributed by atoms with Crippen molar-refractivity contribution in [1.29, 1.82) is 0 Å². The number of aliphatic hydroxyl groups excluding tert-OH is 1. The highest BCUT2D eigenvalue weighted by Crippen LogP contribution is 2.21. The molecule has 27 heavy (non-hydrogen) atoms. The molecule has 0 fully saturated rings. The van der Waals surface area contributed by atoms with Gasteiger partial charge in [-0.25, -0.2) is 9.78 Å². The number of methoxy groups -OCH3 is 1. The van der Waals surface area contributed by atoms with Crippen LogP contribution in [0.1, 0.15) is 23.9 Å². The van der Waals surface area contributed by atoms with Crippen LogP contribution in [-0.2, 0) is 6.42 Å². The van der Waals surface area contributed by atoms with Gasteiger partial charge in [0.2, 0.25) is 0 Å². The van der Waals surface area contributed by atoms with Gasteiger partial charge in [0.25, 0.3) is 0 Å². The van der Waals surface area contributed by atoms with Gasteiger partial charge >= 0.3 is 6.03 Å². The molecule has 142 valence electrons. The van der Waals surface area contributed by atoms with Crippen LogP contribution in [0.5, 0.6) is 5.75 Å². The van der Waals surface area contributed by atoms with Crippen molar-refractivity contribution in [2.45, 2.75) is 18.9 Å². The summed E-state index contributed by atoms with van der Waals surface area (Å²) in [5, 5.41) is 14.6.